The van der Waals surface area contributed by atoms with E-state index in [1.54, 1.807) is 0 Å². The molecule has 1 N–H and O–H groups in total. The van der Waals surface area contributed by atoms with Gasteiger partial charge in [0.25, 0.3) is 0 Å². The molecule has 1 aliphatic carbocycles. The normalized spacial score (nSPS) is 26.3. The number of hydrogen-bond acceptors (Lipinski definition) is 3. The summed E-state index contributed by atoms with van der Waals surface area (Å²) in [6, 6.07) is 4.81. The number of fused-ring (bicyclic) bond motifs is 1. The first-order valence-electron chi connectivity index (χ1n) is 6.57. The molecule has 0 saturated carbocycles. The Morgan fingerprint density at radius 2 is 2.39 bits per heavy atom. The number of nitrogens with zero attached hydrogens (tertiary/aromatic N) is 2. The maximum absolute atomic E-state index is 9.07. The Morgan fingerprint density at radius 1 is 1.50 bits per heavy atom. The summed E-state index contributed by atoms with van der Waals surface area (Å²) in [4.78, 5) is 4.33. The molecule has 3 rings (SSSR count). The van der Waals surface area contributed by atoms with Gasteiger partial charge in [0.2, 0.25) is 0 Å². The molecule has 0 spiro atoms. The van der Waals surface area contributed by atoms with Gasteiger partial charge in [0.1, 0.15) is 6.07 Å². The van der Waals surface area contributed by atoms with Gasteiger partial charge in [-0.1, -0.05) is 6.08 Å². The van der Waals surface area contributed by atoms with E-state index in [1.807, 2.05) is 19.2 Å². The van der Waals surface area contributed by atoms with Gasteiger partial charge < -0.3 is 5.32 Å². The van der Waals surface area contributed by atoms with Gasteiger partial charge in [0.05, 0.1) is 11.3 Å². The van der Waals surface area contributed by atoms with E-state index < -0.39 is 0 Å². The van der Waals surface area contributed by atoms with Gasteiger partial charge in [0, 0.05) is 12.2 Å². The number of rotatable bonds is 1. The summed E-state index contributed by atoms with van der Waals surface area (Å²) in [5.41, 5.74) is 3.96. The van der Waals surface area contributed by atoms with E-state index in [9.17, 15) is 0 Å². The van der Waals surface area contributed by atoms with Crippen molar-refractivity contribution in [3.05, 3.63) is 35.2 Å². The van der Waals surface area contributed by atoms with E-state index in [0.29, 0.717) is 11.6 Å². The highest BCUT2D eigenvalue weighted by Gasteiger charge is 2.30. The van der Waals surface area contributed by atoms with E-state index in [1.165, 1.54) is 12.0 Å². The number of aromatic nitrogens is 1. The van der Waals surface area contributed by atoms with Crippen molar-refractivity contribution >= 4 is 5.57 Å². The second-order valence-corrected chi connectivity index (χ2v) is 5.25. The van der Waals surface area contributed by atoms with Gasteiger partial charge >= 0.3 is 0 Å². The Morgan fingerprint density at radius 3 is 3.22 bits per heavy atom. The van der Waals surface area contributed by atoms with E-state index in [-0.39, 0.29) is 0 Å². The zero-order valence-corrected chi connectivity index (χ0v) is 10.6. The lowest BCUT2D eigenvalue weighted by Gasteiger charge is -2.25. The summed E-state index contributed by atoms with van der Waals surface area (Å²) in [7, 11) is 0. The highest BCUT2D eigenvalue weighted by molar-refractivity contribution is 5.67. The number of allylic oxidation sites excluding steroid dienone is 1. The zero-order chi connectivity index (χ0) is 12.5. The molecule has 0 amide bonds. The van der Waals surface area contributed by atoms with Crippen LogP contribution in [0.1, 0.15) is 36.1 Å². The molecular weight excluding hydrogens is 222 g/mol. The van der Waals surface area contributed by atoms with E-state index in [0.717, 1.165) is 36.6 Å². The molecule has 0 aromatic carbocycles. The Bertz CT molecular complexity index is 539. The van der Waals surface area contributed by atoms with Gasteiger partial charge in [0.15, 0.2) is 0 Å². The second kappa shape index (κ2) is 4.55. The fraction of sp³-hybridized carbons (Fsp3) is 0.467. The fourth-order valence-corrected chi connectivity index (χ4v) is 3.01. The molecule has 0 radical (unpaired) electrons. The minimum atomic E-state index is 0.622. The second-order valence-electron chi connectivity index (χ2n) is 5.25. The summed E-state index contributed by atoms with van der Waals surface area (Å²) < 4.78 is 0. The predicted molar refractivity (Wildman–Crippen MR) is 70.8 cm³/mol. The van der Waals surface area contributed by atoms with Crippen LogP contribution in [0.25, 0.3) is 5.57 Å². The molecule has 1 aromatic heterocycles. The van der Waals surface area contributed by atoms with Crippen LogP contribution in [-0.4, -0.2) is 17.6 Å². The van der Waals surface area contributed by atoms with E-state index in [2.05, 4.69) is 22.4 Å². The lowest BCUT2D eigenvalue weighted by molar-refractivity contribution is 0.445. The average Bonchev–Trinajstić information content (AvgIpc) is 2.86. The third-order valence-corrected chi connectivity index (χ3v) is 4.18. The summed E-state index contributed by atoms with van der Waals surface area (Å²) in [6.07, 6.45) is 7.76. The first-order chi connectivity index (χ1) is 8.78. The van der Waals surface area contributed by atoms with Crippen molar-refractivity contribution in [1.82, 2.24) is 10.3 Å². The number of hydrogen-bond donors (Lipinski definition) is 1. The standard InChI is InChI=1S/C15H17N3/c1-10-13(8-16)6-14(9-18-10)12-3-2-11-4-5-17-15(11)7-12/h3,6,9,11,15,17H,2,4-5,7H2,1H3/t11-,15-/m0/s1. The molecule has 3 heteroatoms. The third kappa shape index (κ3) is 1.93. The molecule has 92 valence electrons. The lowest BCUT2D eigenvalue weighted by atomic mass is 9.83. The molecule has 2 atom stereocenters. The maximum Gasteiger partial charge on any atom is 0.101 e. The third-order valence-electron chi connectivity index (χ3n) is 4.18. The average molecular weight is 239 g/mol. The van der Waals surface area contributed by atoms with Crippen LogP contribution < -0.4 is 5.32 Å². The minimum Gasteiger partial charge on any atom is -0.313 e. The summed E-state index contributed by atoms with van der Waals surface area (Å²) in [5.74, 6) is 0.808. The number of pyridine rings is 1. The van der Waals surface area contributed by atoms with Crippen molar-refractivity contribution in [2.45, 2.75) is 32.2 Å². The number of aryl methyl sites for hydroxylation is 1. The van der Waals surface area contributed by atoms with Crippen molar-refractivity contribution in [3.63, 3.8) is 0 Å². The SMILES string of the molecule is Cc1ncc(C2=CC[C@H]3CCN[C@H]3C2)cc1C#N. The van der Waals surface area contributed by atoms with Crippen LogP contribution >= 0.6 is 0 Å². The maximum atomic E-state index is 9.07. The van der Waals surface area contributed by atoms with Crippen LogP contribution in [0.5, 0.6) is 0 Å². The Balaban J connectivity index is 1.89. The molecule has 0 unspecified atom stereocenters. The first kappa shape index (κ1) is 11.4. The van der Waals surface area contributed by atoms with E-state index in [4.69, 9.17) is 5.26 Å². The largest absolute Gasteiger partial charge is 0.313 e. The van der Waals surface area contributed by atoms with Gasteiger partial charge in [-0.15, -0.1) is 0 Å². The highest BCUT2D eigenvalue weighted by Crippen LogP contribution is 2.34. The fourth-order valence-electron chi connectivity index (χ4n) is 3.01. The summed E-state index contributed by atoms with van der Waals surface area (Å²) in [5, 5.41) is 12.6. The van der Waals surface area contributed by atoms with Crippen molar-refractivity contribution < 1.29 is 0 Å². The Labute approximate surface area is 108 Å². The monoisotopic (exact) mass is 239 g/mol. The van der Waals surface area contributed by atoms with Crippen LogP contribution in [0.15, 0.2) is 18.3 Å². The Kier molecular flexibility index (Phi) is 2.89. The zero-order valence-electron chi connectivity index (χ0n) is 10.6. The molecule has 2 aliphatic rings. The van der Waals surface area contributed by atoms with Crippen molar-refractivity contribution in [3.8, 4) is 6.07 Å². The first-order valence-corrected chi connectivity index (χ1v) is 6.57. The molecule has 1 fully saturated rings. The van der Waals surface area contributed by atoms with Gasteiger partial charge in [-0.3, -0.25) is 4.98 Å². The van der Waals surface area contributed by atoms with Gasteiger partial charge in [-0.2, -0.15) is 5.26 Å². The molecule has 2 heterocycles. The molecular formula is C15H17N3. The minimum absolute atomic E-state index is 0.622. The van der Waals surface area contributed by atoms with Crippen LogP contribution in [0.4, 0.5) is 0 Å². The highest BCUT2D eigenvalue weighted by atomic mass is 15.0. The van der Waals surface area contributed by atoms with Crippen LogP contribution in [0.2, 0.25) is 0 Å². The molecule has 1 aliphatic heterocycles. The van der Waals surface area contributed by atoms with Crippen molar-refractivity contribution in [2.24, 2.45) is 5.92 Å². The summed E-state index contributed by atoms with van der Waals surface area (Å²) >= 11 is 0. The van der Waals surface area contributed by atoms with Crippen molar-refractivity contribution in [2.75, 3.05) is 6.54 Å². The summed E-state index contributed by atoms with van der Waals surface area (Å²) in [6.45, 7) is 3.03. The van der Waals surface area contributed by atoms with Crippen molar-refractivity contribution in [1.29, 1.82) is 5.26 Å². The van der Waals surface area contributed by atoms with Gasteiger partial charge in [-0.05, 0) is 55.9 Å². The molecule has 0 bridgehead atoms. The van der Waals surface area contributed by atoms with E-state index >= 15 is 0 Å². The lowest BCUT2D eigenvalue weighted by Crippen LogP contribution is -2.29. The number of nitrogens with one attached hydrogen (secondary N) is 1. The van der Waals surface area contributed by atoms with Crippen LogP contribution in [0, 0.1) is 24.2 Å². The number of nitriles is 1. The predicted octanol–water partition coefficient (Wildman–Crippen LogP) is 2.42. The van der Waals surface area contributed by atoms with Gasteiger partial charge in [-0.25, -0.2) is 0 Å². The van der Waals surface area contributed by atoms with Crippen LogP contribution in [-0.2, 0) is 0 Å². The molecule has 18 heavy (non-hydrogen) atoms. The smallest absolute Gasteiger partial charge is 0.101 e. The Hall–Kier alpha value is -1.66. The molecule has 3 nitrogen and oxygen atoms in total. The quantitative estimate of drug-likeness (QED) is 0.818. The molecule has 1 aromatic rings. The topological polar surface area (TPSA) is 48.7 Å². The molecule has 1 saturated heterocycles. The van der Waals surface area contributed by atoms with Crippen LogP contribution in [0.3, 0.4) is 0 Å².